The maximum atomic E-state index is 6.41. The van der Waals surface area contributed by atoms with E-state index in [2.05, 4.69) is 18.7 Å². The van der Waals surface area contributed by atoms with Gasteiger partial charge >= 0.3 is 0 Å². The molecule has 2 rings (SSSR count). The van der Waals surface area contributed by atoms with Crippen LogP contribution in [0.1, 0.15) is 71.6 Å². The number of hydrogen-bond donors (Lipinski definition) is 1. The molecule has 0 aromatic rings. The fourth-order valence-electron chi connectivity index (χ4n) is 4.17. The van der Waals surface area contributed by atoms with Gasteiger partial charge in [0.2, 0.25) is 0 Å². The van der Waals surface area contributed by atoms with Gasteiger partial charge in [0.1, 0.15) is 0 Å². The molecule has 19 heavy (non-hydrogen) atoms. The first-order valence-electron chi connectivity index (χ1n) is 8.70. The van der Waals surface area contributed by atoms with E-state index < -0.39 is 0 Å². The average molecular weight is 266 g/mol. The van der Waals surface area contributed by atoms with Crippen LogP contribution in [0.5, 0.6) is 0 Å². The van der Waals surface area contributed by atoms with E-state index in [0.29, 0.717) is 6.04 Å². The normalized spacial score (nSPS) is 38.1. The van der Waals surface area contributed by atoms with Crippen molar-refractivity contribution in [2.24, 2.45) is 17.6 Å². The second-order valence-corrected chi connectivity index (χ2v) is 7.08. The van der Waals surface area contributed by atoms with E-state index in [0.717, 1.165) is 17.9 Å². The molecule has 0 bridgehead atoms. The van der Waals surface area contributed by atoms with E-state index >= 15 is 0 Å². The Balaban J connectivity index is 1.87. The molecule has 0 spiro atoms. The Morgan fingerprint density at radius 3 is 2.74 bits per heavy atom. The van der Waals surface area contributed by atoms with Crippen LogP contribution in [-0.4, -0.2) is 30.1 Å². The van der Waals surface area contributed by atoms with Crippen molar-refractivity contribution in [2.45, 2.75) is 83.7 Å². The van der Waals surface area contributed by atoms with Crippen molar-refractivity contribution >= 4 is 0 Å². The van der Waals surface area contributed by atoms with Gasteiger partial charge in [-0.15, -0.1) is 0 Å². The molecule has 0 aromatic carbocycles. The van der Waals surface area contributed by atoms with E-state index in [-0.39, 0.29) is 0 Å². The Kier molecular flexibility index (Phi) is 6.15. The molecule has 2 aliphatic rings. The standard InChI is InChI=1S/C17H34N2/c1-3-7-15-9-10-17(18)16(12-15)13-19-11-6-4-5-8-14(19)2/h14-17H,3-13,18H2,1-2H3. The Bertz CT molecular complexity index is 254. The molecule has 2 fully saturated rings. The first-order chi connectivity index (χ1) is 9.20. The quantitative estimate of drug-likeness (QED) is 0.838. The first-order valence-corrected chi connectivity index (χ1v) is 8.70. The molecule has 0 radical (unpaired) electrons. The van der Waals surface area contributed by atoms with Crippen LogP contribution in [0.2, 0.25) is 0 Å². The van der Waals surface area contributed by atoms with Crippen LogP contribution in [-0.2, 0) is 0 Å². The number of likely N-dealkylation sites (tertiary alicyclic amines) is 1. The van der Waals surface area contributed by atoms with Crippen molar-refractivity contribution < 1.29 is 0 Å². The molecule has 1 saturated heterocycles. The molecule has 0 aromatic heterocycles. The first kappa shape index (κ1) is 15.3. The maximum absolute atomic E-state index is 6.41. The maximum Gasteiger partial charge on any atom is 0.00795 e. The fourth-order valence-corrected chi connectivity index (χ4v) is 4.17. The van der Waals surface area contributed by atoms with Gasteiger partial charge in [-0.2, -0.15) is 0 Å². The Labute approximate surface area is 120 Å². The topological polar surface area (TPSA) is 29.3 Å². The lowest BCUT2D eigenvalue weighted by molar-refractivity contribution is 0.126. The van der Waals surface area contributed by atoms with Crippen LogP contribution in [0, 0.1) is 11.8 Å². The molecule has 1 aliphatic carbocycles. The highest BCUT2D eigenvalue weighted by Gasteiger charge is 2.30. The molecule has 2 nitrogen and oxygen atoms in total. The van der Waals surface area contributed by atoms with Gasteiger partial charge in [-0.3, -0.25) is 0 Å². The van der Waals surface area contributed by atoms with Crippen molar-refractivity contribution in [3.8, 4) is 0 Å². The molecular weight excluding hydrogens is 232 g/mol. The minimum absolute atomic E-state index is 0.462. The lowest BCUT2D eigenvalue weighted by Gasteiger charge is -2.39. The minimum Gasteiger partial charge on any atom is -0.327 e. The van der Waals surface area contributed by atoms with Crippen LogP contribution in [0.3, 0.4) is 0 Å². The zero-order valence-electron chi connectivity index (χ0n) is 13.1. The van der Waals surface area contributed by atoms with E-state index in [4.69, 9.17) is 5.73 Å². The third-order valence-electron chi connectivity index (χ3n) is 5.51. The summed E-state index contributed by atoms with van der Waals surface area (Å²) in [6, 6.07) is 1.24. The third-order valence-corrected chi connectivity index (χ3v) is 5.51. The molecule has 2 N–H and O–H groups in total. The summed E-state index contributed by atoms with van der Waals surface area (Å²) in [5, 5.41) is 0. The molecule has 1 aliphatic heterocycles. The largest absolute Gasteiger partial charge is 0.327 e. The summed E-state index contributed by atoms with van der Waals surface area (Å²) in [5.74, 6) is 1.71. The van der Waals surface area contributed by atoms with E-state index in [1.165, 1.54) is 70.9 Å². The summed E-state index contributed by atoms with van der Waals surface area (Å²) in [6.07, 6.45) is 12.4. The molecule has 4 unspecified atom stereocenters. The zero-order chi connectivity index (χ0) is 13.7. The molecule has 4 atom stereocenters. The summed E-state index contributed by atoms with van der Waals surface area (Å²) < 4.78 is 0. The van der Waals surface area contributed by atoms with Crippen LogP contribution < -0.4 is 5.73 Å². The Morgan fingerprint density at radius 2 is 1.95 bits per heavy atom. The summed E-state index contributed by atoms with van der Waals surface area (Å²) >= 11 is 0. The molecule has 1 saturated carbocycles. The highest BCUT2D eigenvalue weighted by atomic mass is 15.2. The highest BCUT2D eigenvalue weighted by molar-refractivity contribution is 4.86. The molecule has 0 amide bonds. The van der Waals surface area contributed by atoms with E-state index in [1.807, 2.05) is 0 Å². The number of nitrogens with two attached hydrogens (primary N) is 1. The van der Waals surface area contributed by atoms with Gasteiger partial charge in [0.15, 0.2) is 0 Å². The lowest BCUT2D eigenvalue weighted by atomic mass is 9.76. The van der Waals surface area contributed by atoms with Crippen molar-refractivity contribution in [3.63, 3.8) is 0 Å². The average Bonchev–Trinajstić information content (AvgIpc) is 2.59. The van der Waals surface area contributed by atoms with Gasteiger partial charge < -0.3 is 10.6 Å². The van der Waals surface area contributed by atoms with Gasteiger partial charge in [0.25, 0.3) is 0 Å². The number of hydrogen-bond acceptors (Lipinski definition) is 2. The van der Waals surface area contributed by atoms with E-state index in [1.54, 1.807) is 0 Å². The second-order valence-electron chi connectivity index (χ2n) is 7.08. The van der Waals surface area contributed by atoms with Gasteiger partial charge in [-0.1, -0.05) is 32.6 Å². The van der Waals surface area contributed by atoms with Crippen molar-refractivity contribution in [1.82, 2.24) is 4.90 Å². The molecule has 2 heteroatoms. The molecular formula is C17H34N2. The zero-order valence-corrected chi connectivity index (χ0v) is 13.1. The summed E-state index contributed by atoms with van der Waals surface area (Å²) in [6.45, 7) is 7.31. The minimum atomic E-state index is 0.462. The summed E-state index contributed by atoms with van der Waals surface area (Å²) in [4.78, 5) is 2.74. The highest BCUT2D eigenvalue weighted by Crippen LogP contribution is 2.32. The third kappa shape index (κ3) is 4.46. The molecule has 1 heterocycles. The summed E-state index contributed by atoms with van der Waals surface area (Å²) in [7, 11) is 0. The van der Waals surface area contributed by atoms with Crippen molar-refractivity contribution in [2.75, 3.05) is 13.1 Å². The van der Waals surface area contributed by atoms with Gasteiger partial charge in [0.05, 0.1) is 0 Å². The van der Waals surface area contributed by atoms with Gasteiger partial charge in [0, 0.05) is 18.6 Å². The SMILES string of the molecule is CCCC1CCC(N)C(CN2CCCCCC2C)C1. The van der Waals surface area contributed by atoms with Crippen LogP contribution in [0.15, 0.2) is 0 Å². The predicted molar refractivity (Wildman–Crippen MR) is 83.2 cm³/mol. The fraction of sp³-hybridized carbons (Fsp3) is 1.00. The second kappa shape index (κ2) is 7.64. The molecule has 112 valence electrons. The smallest absolute Gasteiger partial charge is 0.00795 e. The predicted octanol–water partition coefficient (Wildman–Crippen LogP) is 3.79. The van der Waals surface area contributed by atoms with Crippen LogP contribution in [0.25, 0.3) is 0 Å². The van der Waals surface area contributed by atoms with E-state index in [9.17, 15) is 0 Å². The monoisotopic (exact) mass is 266 g/mol. The van der Waals surface area contributed by atoms with Crippen LogP contribution >= 0.6 is 0 Å². The number of rotatable bonds is 4. The van der Waals surface area contributed by atoms with Gasteiger partial charge in [-0.05, 0) is 57.4 Å². The Morgan fingerprint density at radius 1 is 1.11 bits per heavy atom. The summed E-state index contributed by atoms with van der Waals surface area (Å²) in [5.41, 5.74) is 6.41. The number of nitrogens with zero attached hydrogens (tertiary/aromatic N) is 1. The van der Waals surface area contributed by atoms with Gasteiger partial charge in [-0.25, -0.2) is 0 Å². The van der Waals surface area contributed by atoms with Crippen molar-refractivity contribution in [3.05, 3.63) is 0 Å². The Hall–Kier alpha value is -0.0800. The van der Waals surface area contributed by atoms with Crippen LogP contribution in [0.4, 0.5) is 0 Å². The van der Waals surface area contributed by atoms with Crippen molar-refractivity contribution in [1.29, 1.82) is 0 Å². The lowest BCUT2D eigenvalue weighted by Crippen LogP contribution is -2.45.